The van der Waals surface area contributed by atoms with Gasteiger partial charge in [-0.25, -0.2) is 0 Å². The molecule has 0 spiro atoms. The van der Waals surface area contributed by atoms with Crippen LogP contribution in [0.25, 0.3) is 0 Å². The Morgan fingerprint density at radius 1 is 1.03 bits per heavy atom. The van der Waals surface area contributed by atoms with Gasteiger partial charge in [-0.1, -0.05) is 52.6 Å². The van der Waals surface area contributed by atoms with E-state index in [4.69, 9.17) is 4.74 Å². The molecule has 6 heteroatoms. The summed E-state index contributed by atoms with van der Waals surface area (Å²) in [6, 6.07) is 13.2. The summed E-state index contributed by atoms with van der Waals surface area (Å²) in [6.45, 7) is 11.3. The number of piperazine rings is 1. The van der Waals surface area contributed by atoms with E-state index in [1.54, 1.807) is 0 Å². The van der Waals surface area contributed by atoms with Crippen LogP contribution in [0.5, 0.6) is 11.5 Å². The van der Waals surface area contributed by atoms with Gasteiger partial charge in [-0.05, 0) is 48.2 Å². The summed E-state index contributed by atoms with van der Waals surface area (Å²) in [7, 11) is 0. The Hall–Kier alpha value is -1.08. The lowest BCUT2D eigenvalue weighted by atomic mass is 9.74. The minimum Gasteiger partial charge on any atom is -0.453 e. The number of hydrogen-bond acceptors (Lipinski definition) is 4. The van der Waals surface area contributed by atoms with Crippen molar-refractivity contribution in [1.29, 1.82) is 0 Å². The number of fused-ring (bicyclic) bond motifs is 4. The maximum Gasteiger partial charge on any atom is 0.152 e. The molecule has 2 aromatic rings. The summed E-state index contributed by atoms with van der Waals surface area (Å²) in [5.74, 6) is 1.81. The monoisotopic (exact) mass is 519 g/mol. The fourth-order valence-electron chi connectivity index (χ4n) is 5.09. The van der Waals surface area contributed by atoms with Gasteiger partial charge in [-0.2, -0.15) is 0 Å². The van der Waals surface area contributed by atoms with E-state index in [1.165, 1.54) is 6.42 Å². The highest BCUT2D eigenvalue weighted by atomic mass is 79.9. The van der Waals surface area contributed by atoms with Gasteiger partial charge >= 0.3 is 0 Å². The van der Waals surface area contributed by atoms with Crippen molar-refractivity contribution in [2.45, 2.75) is 38.8 Å². The van der Waals surface area contributed by atoms with Gasteiger partial charge in [0.2, 0.25) is 0 Å². The topological polar surface area (TPSA) is 27.7 Å². The molecule has 29 heavy (non-hydrogen) atoms. The molecule has 3 aliphatic heterocycles. The van der Waals surface area contributed by atoms with Crippen molar-refractivity contribution in [2.75, 3.05) is 31.1 Å². The molecule has 2 bridgehead atoms. The van der Waals surface area contributed by atoms with Crippen molar-refractivity contribution < 1.29 is 4.74 Å². The third kappa shape index (κ3) is 3.32. The molecule has 1 N–H and O–H groups in total. The Labute approximate surface area is 189 Å². The second-order valence-electron chi connectivity index (χ2n) is 9.52. The van der Waals surface area contributed by atoms with Gasteiger partial charge in [0.25, 0.3) is 0 Å². The first-order valence-electron chi connectivity index (χ1n) is 10.3. The first kappa shape index (κ1) is 19.9. The van der Waals surface area contributed by atoms with Gasteiger partial charge in [0, 0.05) is 46.7 Å². The molecule has 2 aromatic carbocycles. The summed E-state index contributed by atoms with van der Waals surface area (Å²) >= 11 is 7.16. The molecule has 3 aliphatic rings. The van der Waals surface area contributed by atoms with Crippen LogP contribution in [0.3, 0.4) is 0 Å². The van der Waals surface area contributed by atoms with Crippen LogP contribution in [0.2, 0.25) is 0 Å². The molecule has 0 amide bonds. The van der Waals surface area contributed by atoms with Crippen LogP contribution in [-0.2, 0) is 0 Å². The summed E-state index contributed by atoms with van der Waals surface area (Å²) in [4.78, 5) is 5.10. The molecule has 154 valence electrons. The summed E-state index contributed by atoms with van der Waals surface area (Å²) in [5.41, 5.74) is 2.79. The van der Waals surface area contributed by atoms with Crippen LogP contribution < -0.4 is 15.0 Å². The van der Waals surface area contributed by atoms with E-state index in [1.807, 2.05) is 0 Å². The van der Waals surface area contributed by atoms with Crippen LogP contribution in [-0.4, -0.2) is 42.7 Å². The van der Waals surface area contributed by atoms with Crippen molar-refractivity contribution in [2.24, 2.45) is 5.41 Å². The number of rotatable bonds is 3. The first-order chi connectivity index (χ1) is 13.8. The van der Waals surface area contributed by atoms with Crippen molar-refractivity contribution in [3.8, 4) is 11.5 Å². The average molecular weight is 521 g/mol. The van der Waals surface area contributed by atoms with Gasteiger partial charge in [0.15, 0.2) is 11.5 Å². The van der Waals surface area contributed by atoms with Crippen molar-refractivity contribution in [3.05, 3.63) is 45.3 Å². The zero-order valence-electron chi connectivity index (χ0n) is 17.1. The number of halogens is 2. The molecule has 5 rings (SSSR count). The van der Waals surface area contributed by atoms with Crippen LogP contribution in [0.1, 0.15) is 27.2 Å². The second-order valence-corrected chi connectivity index (χ2v) is 11.4. The number of hydrogen-bond donors (Lipinski definition) is 1. The van der Waals surface area contributed by atoms with Crippen LogP contribution >= 0.6 is 31.9 Å². The standard InChI is InChI=1S/C23H27Br2N3O/c1-22(2,3)23-12-17(13-26-23)27(14-23)8-9-28-18-6-4-15(24)10-20(18)29-21-11-16(25)5-7-19(21)28/h4-7,10-11,17,26H,8-9,12-14H2,1-3H3/t17-,23+/m1/s1. The fraction of sp³-hybridized carbons (Fsp3) is 0.478. The highest BCUT2D eigenvalue weighted by Gasteiger charge is 2.54. The molecule has 0 saturated carbocycles. The van der Waals surface area contributed by atoms with Crippen molar-refractivity contribution in [3.63, 3.8) is 0 Å². The summed E-state index contributed by atoms with van der Waals surface area (Å²) < 4.78 is 8.29. The van der Waals surface area contributed by atoms with E-state index < -0.39 is 0 Å². The number of ether oxygens (including phenoxy) is 1. The van der Waals surface area contributed by atoms with Crippen molar-refractivity contribution in [1.82, 2.24) is 10.2 Å². The summed E-state index contributed by atoms with van der Waals surface area (Å²) in [5, 5.41) is 3.84. The molecule has 3 heterocycles. The number of likely N-dealkylation sites (tertiary alicyclic amines) is 1. The Kier molecular flexibility index (Phi) is 4.78. The fourth-order valence-corrected chi connectivity index (χ4v) is 5.77. The SMILES string of the molecule is CC(C)(C)[C@@]12C[C@H](CN1)N(CCN1c3ccc(Br)cc3Oc3cc(Br)ccc31)C2. The minimum atomic E-state index is 0.244. The summed E-state index contributed by atoms with van der Waals surface area (Å²) in [6.07, 6.45) is 1.26. The van der Waals surface area contributed by atoms with Gasteiger partial charge in [-0.3, -0.25) is 4.90 Å². The third-order valence-corrected chi connectivity index (χ3v) is 7.93. The van der Waals surface area contributed by atoms with Crippen molar-refractivity contribution >= 4 is 43.2 Å². The van der Waals surface area contributed by atoms with E-state index in [-0.39, 0.29) is 11.0 Å². The molecule has 2 atom stereocenters. The van der Waals surface area contributed by atoms with E-state index >= 15 is 0 Å². The maximum absolute atomic E-state index is 6.23. The van der Waals surface area contributed by atoms with E-state index in [0.29, 0.717) is 6.04 Å². The van der Waals surface area contributed by atoms with Gasteiger partial charge in [-0.15, -0.1) is 0 Å². The quantitative estimate of drug-likeness (QED) is 0.543. The Balaban J connectivity index is 1.41. The van der Waals surface area contributed by atoms with E-state index in [2.05, 4.69) is 104 Å². The molecule has 2 saturated heterocycles. The number of nitrogens with one attached hydrogen (secondary N) is 1. The Morgan fingerprint density at radius 2 is 1.66 bits per heavy atom. The van der Waals surface area contributed by atoms with E-state index in [0.717, 1.165) is 58.0 Å². The number of nitrogens with zero attached hydrogens (tertiary/aromatic N) is 2. The average Bonchev–Trinajstić information content (AvgIpc) is 3.24. The lowest BCUT2D eigenvalue weighted by Crippen LogP contribution is -2.58. The molecule has 0 radical (unpaired) electrons. The highest BCUT2D eigenvalue weighted by molar-refractivity contribution is 9.10. The molecule has 0 aromatic heterocycles. The van der Waals surface area contributed by atoms with E-state index in [9.17, 15) is 0 Å². The highest BCUT2D eigenvalue weighted by Crippen LogP contribution is 2.49. The smallest absolute Gasteiger partial charge is 0.152 e. The van der Waals surface area contributed by atoms with Crippen LogP contribution in [0.4, 0.5) is 11.4 Å². The number of benzene rings is 2. The van der Waals surface area contributed by atoms with Crippen LogP contribution in [0.15, 0.2) is 45.3 Å². The predicted molar refractivity (Wildman–Crippen MR) is 126 cm³/mol. The molecule has 2 fully saturated rings. The third-order valence-electron chi connectivity index (χ3n) is 6.94. The molecule has 0 unspecified atom stereocenters. The van der Waals surface area contributed by atoms with Gasteiger partial charge in [0.1, 0.15) is 0 Å². The van der Waals surface area contributed by atoms with Gasteiger partial charge < -0.3 is 15.0 Å². The lowest BCUT2D eigenvalue weighted by molar-refractivity contribution is 0.122. The first-order valence-corrected chi connectivity index (χ1v) is 11.9. The lowest BCUT2D eigenvalue weighted by Gasteiger charge is -2.43. The predicted octanol–water partition coefficient (Wildman–Crippen LogP) is 5.92. The zero-order chi connectivity index (χ0) is 20.4. The molecular formula is C23H27Br2N3O. The Bertz CT molecular complexity index is 906. The van der Waals surface area contributed by atoms with Crippen LogP contribution in [0, 0.1) is 5.41 Å². The molecule has 4 nitrogen and oxygen atoms in total. The van der Waals surface area contributed by atoms with Gasteiger partial charge in [0.05, 0.1) is 11.4 Å². The normalized spacial score (nSPS) is 25.7. The minimum absolute atomic E-state index is 0.244. The second kappa shape index (κ2) is 6.98. The number of anilines is 2. The Morgan fingerprint density at radius 3 is 2.21 bits per heavy atom. The largest absolute Gasteiger partial charge is 0.453 e. The molecule has 0 aliphatic carbocycles. The molecular weight excluding hydrogens is 494 g/mol. The zero-order valence-corrected chi connectivity index (χ0v) is 20.3. The maximum atomic E-state index is 6.23.